The van der Waals surface area contributed by atoms with Crippen LogP contribution in [0.25, 0.3) is 11.4 Å². The Labute approximate surface area is 154 Å². The number of benzene rings is 2. The molecule has 3 aromatic rings. The first-order valence-electron chi connectivity index (χ1n) is 7.26. The van der Waals surface area contributed by atoms with Crippen molar-refractivity contribution in [3.05, 3.63) is 58.1 Å². The molecule has 0 amide bonds. The van der Waals surface area contributed by atoms with E-state index in [0.717, 1.165) is 16.1 Å². The van der Waals surface area contributed by atoms with Gasteiger partial charge in [0.1, 0.15) is 5.75 Å². The number of nitrogens with zero attached hydrogens (tertiary/aromatic N) is 2. The minimum atomic E-state index is 0.128. The van der Waals surface area contributed by atoms with Crippen LogP contribution < -0.4 is 4.74 Å². The van der Waals surface area contributed by atoms with Crippen molar-refractivity contribution in [2.24, 2.45) is 0 Å². The van der Waals surface area contributed by atoms with Gasteiger partial charge in [-0.1, -0.05) is 53.2 Å². The Morgan fingerprint density at radius 1 is 1.17 bits per heavy atom. The molecule has 0 saturated carbocycles. The molecule has 1 atom stereocenters. The Balaban J connectivity index is 1.84. The van der Waals surface area contributed by atoms with Gasteiger partial charge < -0.3 is 4.74 Å². The van der Waals surface area contributed by atoms with E-state index in [0.29, 0.717) is 21.8 Å². The van der Waals surface area contributed by atoms with E-state index in [1.54, 1.807) is 25.3 Å². The van der Waals surface area contributed by atoms with Gasteiger partial charge in [-0.25, -0.2) is 4.98 Å². The third kappa shape index (κ3) is 3.69. The van der Waals surface area contributed by atoms with Crippen molar-refractivity contribution in [3.8, 4) is 17.1 Å². The van der Waals surface area contributed by atoms with Gasteiger partial charge in [0, 0.05) is 15.3 Å². The van der Waals surface area contributed by atoms with Crippen molar-refractivity contribution >= 4 is 35.0 Å². The maximum atomic E-state index is 6.25. The van der Waals surface area contributed by atoms with E-state index in [4.69, 9.17) is 27.9 Å². The number of rotatable bonds is 5. The lowest BCUT2D eigenvalue weighted by Gasteiger charge is -2.10. The fourth-order valence-corrected chi connectivity index (χ4v) is 3.74. The molecule has 2 aromatic carbocycles. The largest absolute Gasteiger partial charge is 0.496 e. The zero-order valence-corrected chi connectivity index (χ0v) is 15.4. The number of halogens is 2. The number of aromatic nitrogens is 3. The van der Waals surface area contributed by atoms with Crippen LogP contribution in [0.5, 0.6) is 5.75 Å². The summed E-state index contributed by atoms with van der Waals surface area (Å²) in [4.78, 5) is 4.54. The lowest BCUT2D eigenvalue weighted by molar-refractivity contribution is 0.416. The average molecular weight is 380 g/mol. The molecule has 1 aromatic heterocycles. The summed E-state index contributed by atoms with van der Waals surface area (Å²) in [5.74, 6) is 1.30. The second-order valence-electron chi connectivity index (χ2n) is 5.09. The summed E-state index contributed by atoms with van der Waals surface area (Å²) in [7, 11) is 1.61. The molecule has 24 heavy (non-hydrogen) atoms. The van der Waals surface area contributed by atoms with Gasteiger partial charge in [0.2, 0.25) is 5.16 Å². The number of ether oxygens (including phenoxy) is 1. The SMILES string of the molecule is COc1ccc(Cl)cc1-c1nc(S[C@@H](C)c2ccccc2Cl)n[nH]1. The number of thioether (sulfide) groups is 1. The lowest BCUT2D eigenvalue weighted by Crippen LogP contribution is -1.91. The fraction of sp³-hybridized carbons (Fsp3) is 0.176. The number of aromatic amines is 1. The third-order valence-electron chi connectivity index (χ3n) is 3.51. The topological polar surface area (TPSA) is 50.8 Å². The summed E-state index contributed by atoms with van der Waals surface area (Å²) in [6, 6.07) is 13.2. The fourth-order valence-electron chi connectivity index (χ4n) is 2.31. The van der Waals surface area contributed by atoms with Crippen molar-refractivity contribution in [3.63, 3.8) is 0 Å². The van der Waals surface area contributed by atoms with Crippen molar-refractivity contribution in [2.45, 2.75) is 17.3 Å². The second kappa shape index (κ2) is 7.47. The summed E-state index contributed by atoms with van der Waals surface area (Å²) in [5.41, 5.74) is 1.82. The molecule has 1 N–H and O–H groups in total. The average Bonchev–Trinajstić information content (AvgIpc) is 3.03. The standard InChI is InChI=1S/C17H15Cl2N3OS/c1-10(12-5-3-4-6-14(12)19)24-17-20-16(21-22-17)13-9-11(18)7-8-15(13)23-2/h3-10H,1-2H3,(H,20,21,22)/t10-/m0/s1. The van der Waals surface area contributed by atoms with Gasteiger partial charge in [-0.3, -0.25) is 5.10 Å². The first kappa shape index (κ1) is 17.1. The van der Waals surface area contributed by atoms with Crippen LogP contribution in [-0.4, -0.2) is 22.3 Å². The van der Waals surface area contributed by atoms with Crippen LogP contribution >= 0.6 is 35.0 Å². The first-order chi connectivity index (χ1) is 11.6. The molecule has 0 unspecified atom stereocenters. The Hall–Kier alpha value is -1.69. The molecule has 3 rings (SSSR count). The van der Waals surface area contributed by atoms with Crippen LogP contribution in [-0.2, 0) is 0 Å². The van der Waals surface area contributed by atoms with Gasteiger partial charge in [-0.2, -0.15) is 0 Å². The number of nitrogens with one attached hydrogen (secondary N) is 1. The van der Waals surface area contributed by atoms with Crippen LogP contribution in [0.15, 0.2) is 47.6 Å². The quantitative estimate of drug-likeness (QED) is 0.582. The van der Waals surface area contributed by atoms with Crippen LogP contribution in [0, 0.1) is 0 Å². The summed E-state index contributed by atoms with van der Waals surface area (Å²) in [6.45, 7) is 2.07. The van der Waals surface area contributed by atoms with E-state index in [9.17, 15) is 0 Å². The van der Waals surface area contributed by atoms with Crippen molar-refractivity contribution in [1.29, 1.82) is 0 Å². The normalized spacial score (nSPS) is 12.2. The minimum Gasteiger partial charge on any atom is -0.496 e. The molecule has 0 aliphatic rings. The van der Waals surface area contributed by atoms with Crippen LogP contribution in [0.4, 0.5) is 0 Å². The maximum Gasteiger partial charge on any atom is 0.209 e. The molecule has 0 saturated heterocycles. The summed E-state index contributed by atoms with van der Waals surface area (Å²) >= 11 is 13.9. The summed E-state index contributed by atoms with van der Waals surface area (Å²) in [5, 5.41) is 9.34. The van der Waals surface area contributed by atoms with Gasteiger partial charge >= 0.3 is 0 Å². The molecule has 0 bridgehead atoms. The highest BCUT2D eigenvalue weighted by molar-refractivity contribution is 7.99. The van der Waals surface area contributed by atoms with Crippen molar-refractivity contribution in [1.82, 2.24) is 15.2 Å². The Morgan fingerprint density at radius 2 is 1.96 bits per heavy atom. The summed E-state index contributed by atoms with van der Waals surface area (Å²) < 4.78 is 5.36. The molecule has 0 aliphatic carbocycles. The Morgan fingerprint density at radius 3 is 2.71 bits per heavy atom. The van der Waals surface area contributed by atoms with E-state index in [2.05, 4.69) is 22.1 Å². The Kier molecular flexibility index (Phi) is 5.33. The number of hydrogen-bond donors (Lipinski definition) is 1. The molecular formula is C17H15Cl2N3OS. The molecule has 0 radical (unpaired) electrons. The molecule has 0 spiro atoms. The molecular weight excluding hydrogens is 365 g/mol. The molecule has 1 heterocycles. The minimum absolute atomic E-state index is 0.128. The van der Waals surface area contributed by atoms with E-state index < -0.39 is 0 Å². The molecule has 0 fully saturated rings. The van der Waals surface area contributed by atoms with Crippen LogP contribution in [0.1, 0.15) is 17.7 Å². The second-order valence-corrected chi connectivity index (χ2v) is 7.24. The van der Waals surface area contributed by atoms with Crippen molar-refractivity contribution < 1.29 is 4.74 Å². The van der Waals surface area contributed by atoms with Gasteiger partial charge in [-0.15, -0.1) is 5.10 Å². The highest BCUT2D eigenvalue weighted by Crippen LogP contribution is 2.37. The number of H-pyrrole nitrogens is 1. The van der Waals surface area contributed by atoms with Crippen LogP contribution in [0.2, 0.25) is 10.0 Å². The van der Waals surface area contributed by atoms with E-state index in [1.807, 2.05) is 24.3 Å². The van der Waals surface area contributed by atoms with E-state index in [1.165, 1.54) is 11.8 Å². The highest BCUT2D eigenvalue weighted by atomic mass is 35.5. The van der Waals surface area contributed by atoms with Gasteiger partial charge in [0.15, 0.2) is 5.82 Å². The summed E-state index contributed by atoms with van der Waals surface area (Å²) in [6.07, 6.45) is 0. The predicted molar refractivity (Wildman–Crippen MR) is 99.1 cm³/mol. The van der Waals surface area contributed by atoms with Gasteiger partial charge in [0.05, 0.1) is 12.7 Å². The molecule has 4 nitrogen and oxygen atoms in total. The monoisotopic (exact) mass is 379 g/mol. The maximum absolute atomic E-state index is 6.25. The number of hydrogen-bond acceptors (Lipinski definition) is 4. The van der Waals surface area contributed by atoms with Gasteiger partial charge in [-0.05, 0) is 36.8 Å². The zero-order valence-electron chi connectivity index (χ0n) is 13.1. The third-order valence-corrected chi connectivity index (χ3v) is 5.09. The first-order valence-corrected chi connectivity index (χ1v) is 8.89. The highest BCUT2D eigenvalue weighted by Gasteiger charge is 2.16. The Bertz CT molecular complexity index is 853. The van der Waals surface area contributed by atoms with Gasteiger partial charge in [0.25, 0.3) is 0 Å². The lowest BCUT2D eigenvalue weighted by atomic mass is 10.2. The molecule has 124 valence electrons. The van der Waals surface area contributed by atoms with Crippen molar-refractivity contribution in [2.75, 3.05) is 7.11 Å². The van der Waals surface area contributed by atoms with Crippen LogP contribution in [0.3, 0.4) is 0 Å². The number of methoxy groups -OCH3 is 1. The van der Waals surface area contributed by atoms with E-state index >= 15 is 0 Å². The molecule has 0 aliphatic heterocycles. The predicted octanol–water partition coefficient (Wildman–Crippen LogP) is 5.64. The molecule has 7 heteroatoms. The van der Waals surface area contributed by atoms with E-state index in [-0.39, 0.29) is 5.25 Å². The zero-order chi connectivity index (χ0) is 17.1. The smallest absolute Gasteiger partial charge is 0.209 e.